The standard InChI is InChI=1S/C8H14/c1-3-5-8(4-2)6-7-8/h3,5H,4,6-7H2,1-2H3. The zero-order chi connectivity index (χ0) is 6.04. The second-order valence-corrected chi connectivity index (χ2v) is 2.72. The van der Waals surface area contributed by atoms with E-state index in [4.69, 9.17) is 0 Å². The van der Waals surface area contributed by atoms with Gasteiger partial charge in [0.05, 0.1) is 0 Å². The highest BCUT2D eigenvalue weighted by molar-refractivity contribution is 5.07. The van der Waals surface area contributed by atoms with E-state index in [0.717, 1.165) is 0 Å². The molecule has 0 nitrogen and oxygen atoms in total. The lowest BCUT2D eigenvalue weighted by Crippen LogP contribution is -1.89. The van der Waals surface area contributed by atoms with Crippen molar-refractivity contribution in [3.05, 3.63) is 12.2 Å². The Balaban J connectivity index is 2.41. The molecule has 0 saturated heterocycles. The predicted octanol–water partition coefficient (Wildman–Crippen LogP) is 2.75. The molecule has 0 aromatic rings. The van der Waals surface area contributed by atoms with Gasteiger partial charge in [0.15, 0.2) is 0 Å². The number of hydrogen-bond acceptors (Lipinski definition) is 0. The lowest BCUT2D eigenvalue weighted by atomic mass is 10.0. The molecule has 8 heavy (non-hydrogen) atoms. The van der Waals surface area contributed by atoms with Gasteiger partial charge in [0, 0.05) is 0 Å². The van der Waals surface area contributed by atoms with Gasteiger partial charge in [-0.25, -0.2) is 0 Å². The molecule has 0 heteroatoms. The van der Waals surface area contributed by atoms with Crippen LogP contribution in [0.25, 0.3) is 0 Å². The molecule has 0 spiro atoms. The van der Waals surface area contributed by atoms with E-state index in [2.05, 4.69) is 26.0 Å². The minimum Gasteiger partial charge on any atom is -0.0911 e. The van der Waals surface area contributed by atoms with E-state index in [1.165, 1.54) is 19.3 Å². The Bertz CT molecular complexity index is 96.6. The van der Waals surface area contributed by atoms with Gasteiger partial charge in [-0.05, 0) is 31.6 Å². The number of allylic oxidation sites excluding steroid dienone is 2. The summed E-state index contributed by atoms with van der Waals surface area (Å²) in [5.41, 5.74) is 0.661. The molecule has 0 heterocycles. The maximum absolute atomic E-state index is 2.35. The van der Waals surface area contributed by atoms with Crippen molar-refractivity contribution >= 4 is 0 Å². The SMILES string of the molecule is CC=CC1(CC)CC1. The lowest BCUT2D eigenvalue weighted by Gasteiger charge is -2.01. The predicted molar refractivity (Wildman–Crippen MR) is 36.8 cm³/mol. The molecule has 0 amide bonds. The van der Waals surface area contributed by atoms with Crippen LogP contribution in [0, 0.1) is 5.41 Å². The summed E-state index contributed by atoms with van der Waals surface area (Å²) < 4.78 is 0. The Kier molecular flexibility index (Phi) is 1.41. The van der Waals surface area contributed by atoms with Gasteiger partial charge in [-0.3, -0.25) is 0 Å². The van der Waals surface area contributed by atoms with Crippen molar-refractivity contribution in [2.75, 3.05) is 0 Å². The van der Waals surface area contributed by atoms with Crippen LogP contribution in [0.1, 0.15) is 33.1 Å². The van der Waals surface area contributed by atoms with Gasteiger partial charge in [-0.2, -0.15) is 0 Å². The molecule has 0 aromatic heterocycles. The van der Waals surface area contributed by atoms with E-state index in [0.29, 0.717) is 5.41 Å². The van der Waals surface area contributed by atoms with Crippen LogP contribution >= 0.6 is 0 Å². The molecule has 1 saturated carbocycles. The molecular weight excluding hydrogens is 96.1 g/mol. The summed E-state index contributed by atoms with van der Waals surface area (Å²) in [5.74, 6) is 0. The third kappa shape index (κ3) is 0.936. The summed E-state index contributed by atoms with van der Waals surface area (Å²) in [5, 5.41) is 0. The van der Waals surface area contributed by atoms with Crippen molar-refractivity contribution in [2.45, 2.75) is 33.1 Å². The zero-order valence-corrected chi connectivity index (χ0v) is 5.78. The van der Waals surface area contributed by atoms with Gasteiger partial charge in [0.1, 0.15) is 0 Å². The summed E-state index contributed by atoms with van der Waals surface area (Å²) in [6.45, 7) is 4.38. The first kappa shape index (κ1) is 5.87. The maximum Gasteiger partial charge on any atom is -0.0120 e. The third-order valence-corrected chi connectivity index (χ3v) is 2.12. The molecule has 0 N–H and O–H groups in total. The molecule has 1 aliphatic rings. The summed E-state index contributed by atoms with van der Waals surface area (Å²) in [4.78, 5) is 0. The molecule has 0 aromatic carbocycles. The molecule has 0 bridgehead atoms. The van der Waals surface area contributed by atoms with E-state index in [1.54, 1.807) is 0 Å². The van der Waals surface area contributed by atoms with Crippen molar-refractivity contribution in [3.8, 4) is 0 Å². The van der Waals surface area contributed by atoms with Gasteiger partial charge in [0.25, 0.3) is 0 Å². The Morgan fingerprint density at radius 3 is 2.25 bits per heavy atom. The van der Waals surface area contributed by atoms with Crippen LogP contribution in [0.4, 0.5) is 0 Å². The van der Waals surface area contributed by atoms with Crippen molar-refractivity contribution in [3.63, 3.8) is 0 Å². The topological polar surface area (TPSA) is 0 Å². The first-order valence-corrected chi connectivity index (χ1v) is 3.47. The molecule has 46 valence electrons. The average molecular weight is 110 g/mol. The van der Waals surface area contributed by atoms with E-state index in [9.17, 15) is 0 Å². The molecule has 0 radical (unpaired) electrons. The fourth-order valence-electron chi connectivity index (χ4n) is 1.15. The van der Waals surface area contributed by atoms with Crippen LogP contribution in [0.5, 0.6) is 0 Å². The molecule has 1 fully saturated rings. The van der Waals surface area contributed by atoms with E-state index in [-0.39, 0.29) is 0 Å². The number of hydrogen-bond donors (Lipinski definition) is 0. The molecule has 1 aliphatic carbocycles. The summed E-state index contributed by atoms with van der Waals surface area (Å²) in [6, 6.07) is 0. The van der Waals surface area contributed by atoms with Crippen molar-refractivity contribution < 1.29 is 0 Å². The second-order valence-electron chi connectivity index (χ2n) is 2.72. The molecular formula is C8H14. The normalized spacial score (nSPS) is 24.2. The maximum atomic E-state index is 2.35. The fourth-order valence-corrected chi connectivity index (χ4v) is 1.15. The second kappa shape index (κ2) is 1.93. The van der Waals surface area contributed by atoms with Gasteiger partial charge in [-0.15, -0.1) is 0 Å². The van der Waals surface area contributed by atoms with Crippen molar-refractivity contribution in [1.82, 2.24) is 0 Å². The largest absolute Gasteiger partial charge is 0.0911 e. The first-order chi connectivity index (χ1) is 3.83. The van der Waals surface area contributed by atoms with Crippen LogP contribution in [0.3, 0.4) is 0 Å². The Morgan fingerprint density at radius 1 is 1.50 bits per heavy atom. The number of rotatable bonds is 2. The Morgan fingerprint density at radius 2 is 2.12 bits per heavy atom. The van der Waals surface area contributed by atoms with Crippen LogP contribution < -0.4 is 0 Å². The summed E-state index contributed by atoms with van der Waals surface area (Å²) >= 11 is 0. The molecule has 0 atom stereocenters. The fraction of sp³-hybridized carbons (Fsp3) is 0.750. The van der Waals surface area contributed by atoms with Gasteiger partial charge >= 0.3 is 0 Å². The van der Waals surface area contributed by atoms with Crippen LogP contribution in [0.2, 0.25) is 0 Å². The third-order valence-electron chi connectivity index (χ3n) is 2.12. The van der Waals surface area contributed by atoms with Gasteiger partial charge < -0.3 is 0 Å². The van der Waals surface area contributed by atoms with Crippen LogP contribution in [-0.4, -0.2) is 0 Å². The molecule has 0 aliphatic heterocycles. The van der Waals surface area contributed by atoms with Gasteiger partial charge in [-0.1, -0.05) is 19.1 Å². The zero-order valence-electron chi connectivity index (χ0n) is 5.78. The Hall–Kier alpha value is -0.260. The smallest absolute Gasteiger partial charge is 0.0120 e. The van der Waals surface area contributed by atoms with E-state index >= 15 is 0 Å². The highest BCUT2D eigenvalue weighted by Gasteiger charge is 2.37. The average Bonchev–Trinajstić information content (AvgIpc) is 2.50. The quantitative estimate of drug-likeness (QED) is 0.479. The first-order valence-electron chi connectivity index (χ1n) is 3.47. The minimum atomic E-state index is 0.661. The van der Waals surface area contributed by atoms with Crippen molar-refractivity contribution in [2.24, 2.45) is 5.41 Å². The van der Waals surface area contributed by atoms with Gasteiger partial charge in [0.2, 0.25) is 0 Å². The highest BCUT2D eigenvalue weighted by Crippen LogP contribution is 2.49. The van der Waals surface area contributed by atoms with Crippen LogP contribution in [-0.2, 0) is 0 Å². The lowest BCUT2D eigenvalue weighted by molar-refractivity contribution is 0.624. The highest BCUT2D eigenvalue weighted by atomic mass is 14.4. The monoisotopic (exact) mass is 110 g/mol. The minimum absolute atomic E-state index is 0.661. The summed E-state index contributed by atoms with van der Waals surface area (Å²) in [6.07, 6.45) is 8.71. The van der Waals surface area contributed by atoms with E-state index in [1.807, 2.05) is 0 Å². The molecule has 1 rings (SSSR count). The van der Waals surface area contributed by atoms with Crippen LogP contribution in [0.15, 0.2) is 12.2 Å². The Labute approximate surface area is 51.6 Å². The summed E-state index contributed by atoms with van der Waals surface area (Å²) in [7, 11) is 0. The van der Waals surface area contributed by atoms with E-state index < -0.39 is 0 Å². The van der Waals surface area contributed by atoms with Crippen molar-refractivity contribution in [1.29, 1.82) is 0 Å². The molecule has 0 unspecified atom stereocenters.